The van der Waals surface area contributed by atoms with Crippen molar-refractivity contribution >= 4 is 24.8 Å². The summed E-state index contributed by atoms with van der Waals surface area (Å²) in [6.45, 7) is 8.49. The normalized spacial score (nSPS) is 24.6. The van der Waals surface area contributed by atoms with E-state index in [2.05, 4.69) is 88.4 Å². The van der Waals surface area contributed by atoms with Crippen LogP contribution in [-0.4, -0.2) is 18.3 Å². The summed E-state index contributed by atoms with van der Waals surface area (Å²) in [5, 5.41) is 5.36. The second kappa shape index (κ2) is 5.62. The van der Waals surface area contributed by atoms with Crippen molar-refractivity contribution in [3.63, 3.8) is 0 Å². The van der Waals surface area contributed by atoms with Gasteiger partial charge in [0.25, 0.3) is 0 Å². The van der Waals surface area contributed by atoms with E-state index in [9.17, 15) is 0 Å². The highest BCUT2D eigenvalue weighted by atomic mass is 16.7. The molecule has 0 N–H and O–H groups in total. The van der Waals surface area contributed by atoms with Crippen LogP contribution in [0.5, 0.6) is 0 Å². The molecule has 0 radical (unpaired) electrons. The molecule has 2 aromatic carbocycles. The third-order valence-corrected chi connectivity index (χ3v) is 7.34. The van der Waals surface area contributed by atoms with Crippen LogP contribution in [0.4, 0.5) is 0 Å². The van der Waals surface area contributed by atoms with Crippen LogP contribution < -0.4 is 10.4 Å². The molecule has 1 saturated heterocycles. The third kappa shape index (κ3) is 2.44. The largest absolute Gasteiger partial charge is 0.465 e. The van der Waals surface area contributed by atoms with E-state index in [0.717, 1.165) is 6.42 Å². The average Bonchev–Trinajstić information content (AvgIpc) is 3.28. The Morgan fingerprint density at radius 3 is 2.34 bits per heavy atom. The Morgan fingerprint density at radius 2 is 1.55 bits per heavy atom. The molecule has 1 fully saturated rings. The van der Waals surface area contributed by atoms with Crippen molar-refractivity contribution < 1.29 is 9.31 Å². The summed E-state index contributed by atoms with van der Waals surface area (Å²) in [6, 6.07) is 13.4. The molecule has 29 heavy (non-hydrogen) atoms. The molecule has 4 aliphatic rings. The Balaban J connectivity index is 1.41. The third-order valence-electron chi connectivity index (χ3n) is 7.34. The van der Waals surface area contributed by atoms with Crippen LogP contribution in [0.1, 0.15) is 45.2 Å². The minimum absolute atomic E-state index is 0.187. The molecule has 1 aliphatic heterocycles. The monoisotopic (exact) mass is 380 g/mol. The summed E-state index contributed by atoms with van der Waals surface area (Å²) < 4.78 is 12.6. The second-order valence-corrected chi connectivity index (χ2v) is 9.69. The number of hydrogen-bond donors (Lipinski definition) is 0. The van der Waals surface area contributed by atoms with Gasteiger partial charge in [0.15, 0.2) is 0 Å². The average molecular weight is 380 g/mol. The van der Waals surface area contributed by atoms with Crippen LogP contribution in [0.2, 0.25) is 5.82 Å². The smallest absolute Gasteiger partial charge is 0.403 e. The Labute approximate surface area is 171 Å². The first-order valence-corrected chi connectivity index (χ1v) is 10.6. The highest BCUT2D eigenvalue weighted by molar-refractivity contribution is 6.48. The van der Waals surface area contributed by atoms with Gasteiger partial charge in [-0.25, -0.2) is 0 Å². The van der Waals surface area contributed by atoms with Crippen LogP contribution in [0.3, 0.4) is 0 Å². The van der Waals surface area contributed by atoms with Gasteiger partial charge in [0.1, 0.15) is 0 Å². The van der Waals surface area contributed by atoms with Crippen LogP contribution in [0.15, 0.2) is 54.1 Å². The molecule has 0 spiro atoms. The molecule has 2 nitrogen and oxygen atoms in total. The van der Waals surface area contributed by atoms with Gasteiger partial charge in [-0.05, 0) is 95.5 Å². The van der Waals surface area contributed by atoms with Gasteiger partial charge >= 0.3 is 7.12 Å². The lowest BCUT2D eigenvalue weighted by atomic mass is 9.66. The van der Waals surface area contributed by atoms with Crippen molar-refractivity contribution in [3.05, 3.63) is 86.1 Å². The lowest BCUT2D eigenvalue weighted by molar-refractivity contribution is 0.00578. The van der Waals surface area contributed by atoms with E-state index in [1.165, 1.54) is 43.1 Å². The van der Waals surface area contributed by atoms with Gasteiger partial charge in [0, 0.05) is 5.82 Å². The van der Waals surface area contributed by atoms with E-state index >= 15 is 0 Å². The van der Waals surface area contributed by atoms with Gasteiger partial charge in [0.2, 0.25) is 0 Å². The molecular weight excluding hydrogens is 355 g/mol. The fourth-order valence-corrected chi connectivity index (χ4v) is 4.97. The topological polar surface area (TPSA) is 18.5 Å². The van der Waals surface area contributed by atoms with Gasteiger partial charge in [-0.2, -0.15) is 0 Å². The van der Waals surface area contributed by atoms with E-state index in [1.807, 2.05) is 0 Å². The highest BCUT2D eigenvalue weighted by Crippen LogP contribution is 2.45. The number of benzene rings is 2. The van der Waals surface area contributed by atoms with Crippen LogP contribution >= 0.6 is 0 Å². The first kappa shape index (κ1) is 17.5. The van der Waals surface area contributed by atoms with Gasteiger partial charge in [0.05, 0.1) is 11.2 Å². The van der Waals surface area contributed by atoms with E-state index in [0.29, 0.717) is 0 Å². The second-order valence-electron chi connectivity index (χ2n) is 9.69. The summed E-state index contributed by atoms with van der Waals surface area (Å²) in [4.78, 5) is 0. The molecule has 1 atom stereocenters. The fourth-order valence-electron chi connectivity index (χ4n) is 4.97. The molecule has 2 aromatic rings. The summed E-state index contributed by atoms with van der Waals surface area (Å²) in [6.07, 6.45) is 10.2. The molecule has 1 heterocycles. The number of allylic oxidation sites excluding steroid dienone is 3. The molecule has 6 rings (SSSR count). The first-order valence-electron chi connectivity index (χ1n) is 10.6. The Bertz CT molecular complexity index is 1330. The maximum atomic E-state index is 6.32. The van der Waals surface area contributed by atoms with Gasteiger partial charge < -0.3 is 9.31 Å². The lowest BCUT2D eigenvalue weighted by Crippen LogP contribution is -2.41. The van der Waals surface area contributed by atoms with E-state index < -0.39 is 0 Å². The zero-order valence-corrected chi connectivity index (χ0v) is 17.5. The molecule has 3 heteroatoms. The van der Waals surface area contributed by atoms with Crippen molar-refractivity contribution in [2.75, 3.05) is 0 Å². The summed E-state index contributed by atoms with van der Waals surface area (Å²) in [5.74, 6) is 0.250. The Morgan fingerprint density at radius 1 is 0.862 bits per heavy atom. The van der Waals surface area contributed by atoms with E-state index in [1.54, 1.807) is 0 Å². The highest BCUT2D eigenvalue weighted by Gasteiger charge is 2.53. The van der Waals surface area contributed by atoms with E-state index in [4.69, 9.17) is 9.31 Å². The van der Waals surface area contributed by atoms with Gasteiger partial charge in [-0.3, -0.25) is 0 Å². The van der Waals surface area contributed by atoms with Crippen molar-refractivity contribution in [1.82, 2.24) is 0 Å². The number of hydrogen-bond acceptors (Lipinski definition) is 2. The predicted molar refractivity (Wildman–Crippen MR) is 118 cm³/mol. The predicted octanol–water partition coefficient (Wildman–Crippen LogP) is 4.09. The molecule has 0 aromatic heterocycles. The summed E-state index contributed by atoms with van der Waals surface area (Å²) in [5.41, 5.74) is 4.85. The zero-order valence-electron chi connectivity index (χ0n) is 17.5. The van der Waals surface area contributed by atoms with Crippen molar-refractivity contribution in [1.29, 1.82) is 0 Å². The van der Waals surface area contributed by atoms with Crippen LogP contribution in [0.25, 0.3) is 17.7 Å². The molecular formula is C26H25BO2. The summed E-state index contributed by atoms with van der Waals surface area (Å²) in [7, 11) is -0.187. The molecule has 3 aliphatic carbocycles. The minimum Gasteiger partial charge on any atom is -0.403 e. The first-order chi connectivity index (χ1) is 13.8. The quantitative estimate of drug-likeness (QED) is 0.593. The zero-order chi connectivity index (χ0) is 20.0. The lowest BCUT2D eigenvalue weighted by Gasteiger charge is -2.32. The fraction of sp³-hybridized carbons (Fsp3) is 0.308. The van der Waals surface area contributed by atoms with E-state index in [-0.39, 0.29) is 24.1 Å². The molecule has 0 bridgehead atoms. The molecule has 144 valence electrons. The van der Waals surface area contributed by atoms with Gasteiger partial charge in [-0.1, -0.05) is 42.5 Å². The summed E-state index contributed by atoms with van der Waals surface area (Å²) >= 11 is 0. The minimum atomic E-state index is -0.285. The number of rotatable bonds is 1. The molecule has 0 saturated carbocycles. The van der Waals surface area contributed by atoms with Crippen molar-refractivity contribution in [3.8, 4) is 0 Å². The molecule has 0 amide bonds. The van der Waals surface area contributed by atoms with Crippen LogP contribution in [0, 0.1) is 10.4 Å². The number of fused-ring (bicyclic) bond motifs is 4. The molecule has 1 unspecified atom stereocenters. The Hall–Kier alpha value is -2.36. The SMILES string of the molecule is CC1(C)OB(C2C=CC3=c4cc5c(cc4C=C3C2)=c2ccccc2=C5)OC1(C)C. The Kier molecular flexibility index (Phi) is 3.39. The maximum Gasteiger partial charge on any atom is 0.465 e. The standard InChI is InChI=1S/C26H25BO2/c1-25(2)26(3,4)29-27(28-25)20-9-10-22-17(13-20)12-19-15-23-18(14-24(19)22)11-16-7-5-6-8-21(16)23/h5-12,14-15,20H,13H2,1-4H3. The van der Waals surface area contributed by atoms with Gasteiger partial charge in [-0.15, -0.1) is 0 Å². The van der Waals surface area contributed by atoms with Crippen molar-refractivity contribution in [2.24, 2.45) is 0 Å². The van der Waals surface area contributed by atoms with Crippen LogP contribution in [-0.2, 0) is 9.31 Å². The maximum absolute atomic E-state index is 6.32. The van der Waals surface area contributed by atoms with Crippen molar-refractivity contribution in [2.45, 2.75) is 51.1 Å².